The van der Waals surface area contributed by atoms with E-state index >= 15 is 0 Å². The molecule has 1 heterocycles. The van der Waals surface area contributed by atoms with Crippen molar-refractivity contribution in [3.05, 3.63) is 0 Å². The van der Waals surface area contributed by atoms with E-state index in [4.69, 9.17) is 9.84 Å². The molecule has 0 bridgehead atoms. The predicted octanol–water partition coefficient (Wildman–Crippen LogP) is 1.17. The van der Waals surface area contributed by atoms with Crippen molar-refractivity contribution in [3.8, 4) is 0 Å². The van der Waals surface area contributed by atoms with Crippen LogP contribution in [0.2, 0.25) is 0 Å². The highest BCUT2D eigenvalue weighted by Crippen LogP contribution is 2.29. The maximum absolute atomic E-state index is 11.8. The van der Waals surface area contributed by atoms with Gasteiger partial charge in [0.15, 0.2) is 6.10 Å². The van der Waals surface area contributed by atoms with Gasteiger partial charge >= 0.3 is 17.5 Å². The molecule has 0 aromatic rings. The Balaban J connectivity index is 2.08. The molecular weight excluding hydrogens is 301 g/mol. The number of amides is 2. The van der Waals surface area contributed by atoms with E-state index in [-0.39, 0.29) is 36.7 Å². The number of hydrogen-bond donors (Lipinski definition) is 3. The molecule has 1 saturated heterocycles. The monoisotopic (exact) mass is 316 g/mol. The topological polar surface area (TPSA) is 87.7 Å². The zero-order valence-electron chi connectivity index (χ0n) is 10.4. The molecule has 0 aromatic carbocycles. The van der Waals surface area contributed by atoms with E-state index in [0.717, 1.165) is 0 Å². The number of alkyl halides is 3. The molecule has 1 rings (SSSR count). The molecule has 0 radical (unpaired) electrons. The standard InChI is InChI=1S/C10H15F3N2O4S/c11-10(12,13)20-4-3-14-9(18)15-5-6-1-2-7(19-6)8(16)17/h6-7H,1-5H2,(H,16,17)(H2,14,15,18). The number of urea groups is 1. The number of carboxylic acid groups (broad SMARTS) is 1. The van der Waals surface area contributed by atoms with Gasteiger partial charge in [-0.15, -0.1) is 0 Å². The average Bonchev–Trinajstić information content (AvgIpc) is 2.80. The summed E-state index contributed by atoms with van der Waals surface area (Å²) in [4.78, 5) is 21.9. The Morgan fingerprint density at radius 1 is 1.30 bits per heavy atom. The molecule has 2 amide bonds. The van der Waals surface area contributed by atoms with Crippen molar-refractivity contribution in [3.63, 3.8) is 0 Å². The summed E-state index contributed by atoms with van der Waals surface area (Å²) in [5.41, 5.74) is -4.30. The van der Waals surface area contributed by atoms with E-state index in [1.54, 1.807) is 0 Å². The van der Waals surface area contributed by atoms with Crippen molar-refractivity contribution >= 4 is 23.8 Å². The van der Waals surface area contributed by atoms with Gasteiger partial charge in [0.25, 0.3) is 0 Å². The Bertz CT molecular complexity index is 354. The SMILES string of the molecule is O=C(NCCSC(F)(F)F)NCC1CCC(C(=O)O)O1. The highest BCUT2D eigenvalue weighted by atomic mass is 32.2. The molecule has 1 aliphatic rings. The molecule has 0 aromatic heterocycles. The van der Waals surface area contributed by atoms with Gasteiger partial charge in [0.05, 0.1) is 6.10 Å². The predicted molar refractivity (Wildman–Crippen MR) is 65.4 cm³/mol. The van der Waals surface area contributed by atoms with E-state index in [1.165, 1.54) is 0 Å². The Kier molecular flexibility index (Phi) is 6.40. The number of aliphatic carboxylic acids is 1. The van der Waals surface area contributed by atoms with Gasteiger partial charge in [-0.25, -0.2) is 9.59 Å². The lowest BCUT2D eigenvalue weighted by Crippen LogP contribution is -2.40. The van der Waals surface area contributed by atoms with Crippen molar-refractivity contribution < 1.29 is 32.6 Å². The number of ether oxygens (including phenoxy) is 1. The Hall–Kier alpha value is -1.16. The van der Waals surface area contributed by atoms with E-state index < -0.39 is 23.6 Å². The first kappa shape index (κ1) is 16.9. The quantitative estimate of drug-likeness (QED) is 0.640. The molecule has 1 fully saturated rings. The number of carbonyl (C=O) groups excluding carboxylic acids is 1. The van der Waals surface area contributed by atoms with Crippen molar-refractivity contribution in [2.75, 3.05) is 18.8 Å². The lowest BCUT2D eigenvalue weighted by Gasteiger charge is -2.13. The molecule has 3 N–H and O–H groups in total. The van der Waals surface area contributed by atoms with Gasteiger partial charge in [-0.2, -0.15) is 13.2 Å². The maximum atomic E-state index is 11.8. The molecule has 2 atom stereocenters. The van der Waals surface area contributed by atoms with Gasteiger partial charge in [-0.3, -0.25) is 0 Å². The summed E-state index contributed by atoms with van der Waals surface area (Å²) in [6.07, 6.45) is -0.341. The lowest BCUT2D eigenvalue weighted by atomic mass is 10.2. The number of carbonyl (C=O) groups is 2. The third kappa shape index (κ3) is 6.85. The third-order valence-electron chi connectivity index (χ3n) is 2.53. The van der Waals surface area contributed by atoms with E-state index in [9.17, 15) is 22.8 Å². The first-order valence-electron chi connectivity index (χ1n) is 5.88. The fourth-order valence-electron chi connectivity index (χ4n) is 1.64. The van der Waals surface area contributed by atoms with E-state index in [2.05, 4.69) is 10.6 Å². The fourth-order valence-corrected chi connectivity index (χ4v) is 2.07. The van der Waals surface area contributed by atoms with Crippen LogP contribution in [0.4, 0.5) is 18.0 Å². The summed E-state index contributed by atoms with van der Waals surface area (Å²) < 4.78 is 40.6. The second-order valence-corrected chi connectivity index (χ2v) is 5.25. The number of thioether (sulfide) groups is 1. The molecule has 6 nitrogen and oxygen atoms in total. The zero-order chi connectivity index (χ0) is 15.2. The zero-order valence-corrected chi connectivity index (χ0v) is 11.2. The molecular formula is C10H15F3N2O4S. The average molecular weight is 316 g/mol. The van der Waals surface area contributed by atoms with E-state index in [1.807, 2.05) is 0 Å². The molecule has 0 saturated carbocycles. The molecule has 2 unspecified atom stereocenters. The van der Waals surface area contributed by atoms with Gasteiger partial charge < -0.3 is 20.5 Å². The minimum Gasteiger partial charge on any atom is -0.479 e. The second-order valence-electron chi connectivity index (χ2n) is 4.09. The molecule has 10 heteroatoms. The summed E-state index contributed by atoms with van der Waals surface area (Å²) in [7, 11) is 0. The lowest BCUT2D eigenvalue weighted by molar-refractivity contribution is -0.149. The highest BCUT2D eigenvalue weighted by molar-refractivity contribution is 8.00. The first-order chi connectivity index (χ1) is 9.28. The molecule has 20 heavy (non-hydrogen) atoms. The fraction of sp³-hybridized carbons (Fsp3) is 0.800. The van der Waals surface area contributed by atoms with Crippen LogP contribution in [0.5, 0.6) is 0 Å². The summed E-state index contributed by atoms with van der Waals surface area (Å²) in [5, 5.41) is 13.4. The highest BCUT2D eigenvalue weighted by Gasteiger charge is 2.30. The number of hydrogen-bond acceptors (Lipinski definition) is 4. The third-order valence-corrected chi connectivity index (χ3v) is 3.26. The number of halogens is 3. The smallest absolute Gasteiger partial charge is 0.441 e. The van der Waals surface area contributed by atoms with Crippen LogP contribution in [-0.4, -0.2) is 53.7 Å². The van der Waals surface area contributed by atoms with Crippen molar-refractivity contribution in [1.29, 1.82) is 0 Å². The van der Waals surface area contributed by atoms with Crippen molar-refractivity contribution in [1.82, 2.24) is 10.6 Å². The van der Waals surface area contributed by atoms with Crippen LogP contribution < -0.4 is 10.6 Å². The Morgan fingerprint density at radius 2 is 2.00 bits per heavy atom. The minimum atomic E-state index is -4.30. The van der Waals surface area contributed by atoms with Crippen LogP contribution >= 0.6 is 11.8 Å². The van der Waals surface area contributed by atoms with Gasteiger partial charge in [-0.05, 0) is 24.6 Å². The first-order valence-corrected chi connectivity index (χ1v) is 6.87. The molecule has 0 spiro atoms. The maximum Gasteiger partial charge on any atom is 0.441 e. The van der Waals surface area contributed by atoms with Crippen LogP contribution in [0.15, 0.2) is 0 Å². The number of rotatable bonds is 6. The van der Waals surface area contributed by atoms with Crippen molar-refractivity contribution in [2.45, 2.75) is 30.6 Å². The molecule has 116 valence electrons. The van der Waals surface area contributed by atoms with Gasteiger partial charge in [0.2, 0.25) is 0 Å². The summed E-state index contributed by atoms with van der Waals surface area (Å²) in [6.45, 7) is 0.0152. The molecule has 0 aliphatic carbocycles. The van der Waals surface area contributed by atoms with Crippen LogP contribution in [0, 0.1) is 0 Å². The Labute approximate surface area is 117 Å². The summed E-state index contributed by atoms with van der Waals surface area (Å²) in [6, 6.07) is -0.602. The Morgan fingerprint density at radius 3 is 2.55 bits per heavy atom. The largest absolute Gasteiger partial charge is 0.479 e. The molecule has 1 aliphatic heterocycles. The number of carboxylic acids is 1. The minimum absolute atomic E-state index is 0.112. The van der Waals surface area contributed by atoms with Crippen LogP contribution in [-0.2, 0) is 9.53 Å². The van der Waals surface area contributed by atoms with Crippen LogP contribution in [0.1, 0.15) is 12.8 Å². The van der Waals surface area contributed by atoms with Gasteiger partial charge in [-0.1, -0.05) is 0 Å². The normalized spacial score (nSPS) is 22.6. The number of nitrogens with one attached hydrogen (secondary N) is 2. The van der Waals surface area contributed by atoms with Crippen LogP contribution in [0.25, 0.3) is 0 Å². The van der Waals surface area contributed by atoms with Gasteiger partial charge in [0, 0.05) is 18.8 Å². The summed E-state index contributed by atoms with van der Waals surface area (Å²) in [5.74, 6) is -1.31. The van der Waals surface area contributed by atoms with E-state index in [0.29, 0.717) is 12.8 Å². The van der Waals surface area contributed by atoms with Crippen LogP contribution in [0.3, 0.4) is 0 Å². The van der Waals surface area contributed by atoms with Gasteiger partial charge in [0.1, 0.15) is 0 Å². The summed E-state index contributed by atoms with van der Waals surface area (Å²) >= 11 is -0.210. The second kappa shape index (κ2) is 7.58. The van der Waals surface area contributed by atoms with Crippen molar-refractivity contribution in [2.24, 2.45) is 0 Å².